The van der Waals surface area contributed by atoms with Crippen LogP contribution in [-0.2, 0) is 6.54 Å². The Balaban J connectivity index is 1.69. The highest BCUT2D eigenvalue weighted by Gasteiger charge is 2.30. The van der Waals surface area contributed by atoms with Crippen LogP contribution in [0.3, 0.4) is 0 Å². The minimum Gasteiger partial charge on any atom is -0.289 e. The summed E-state index contributed by atoms with van der Waals surface area (Å²) in [6, 6.07) is 14.5. The van der Waals surface area contributed by atoms with E-state index in [0.29, 0.717) is 12.5 Å². The van der Waals surface area contributed by atoms with Crippen LogP contribution in [0.1, 0.15) is 42.8 Å². The molecule has 0 radical (unpaired) electrons. The highest BCUT2D eigenvalue weighted by Crippen LogP contribution is 2.31. The molecule has 0 bridgehead atoms. The predicted molar refractivity (Wildman–Crippen MR) is 99.4 cm³/mol. The molecular weight excluding hydrogens is 324 g/mol. The van der Waals surface area contributed by atoms with E-state index in [1.54, 1.807) is 0 Å². The molecule has 0 saturated carbocycles. The molecule has 3 aromatic rings. The van der Waals surface area contributed by atoms with E-state index >= 15 is 0 Å². The zero-order valence-electron chi connectivity index (χ0n) is 15.1. The largest absolute Gasteiger partial charge is 0.289 e. The lowest BCUT2D eigenvalue weighted by atomic mass is 9.96. The maximum atomic E-state index is 4.42. The quantitative estimate of drug-likeness (QED) is 0.709. The van der Waals surface area contributed by atoms with Crippen molar-refractivity contribution in [2.24, 2.45) is 5.92 Å². The number of nitrogens with zero attached hydrogens (tertiary/aromatic N) is 6. The van der Waals surface area contributed by atoms with Gasteiger partial charge in [-0.1, -0.05) is 43.3 Å². The highest BCUT2D eigenvalue weighted by molar-refractivity contribution is 5.23. The Morgan fingerprint density at radius 1 is 1.15 bits per heavy atom. The molecule has 3 heterocycles. The zero-order chi connectivity index (χ0) is 17.8. The lowest BCUT2D eigenvalue weighted by Gasteiger charge is -2.36. The van der Waals surface area contributed by atoms with Gasteiger partial charge in [-0.15, -0.1) is 5.10 Å². The van der Waals surface area contributed by atoms with Crippen LogP contribution in [0.4, 0.5) is 0 Å². The lowest BCUT2D eigenvalue weighted by molar-refractivity contribution is 0.142. The van der Waals surface area contributed by atoms with Crippen molar-refractivity contribution < 1.29 is 0 Å². The van der Waals surface area contributed by atoms with Gasteiger partial charge in [0, 0.05) is 18.9 Å². The Kier molecular flexibility index (Phi) is 5.02. The third-order valence-corrected chi connectivity index (χ3v) is 5.03. The van der Waals surface area contributed by atoms with Crippen LogP contribution >= 0.6 is 0 Å². The molecule has 1 aromatic carbocycles. The lowest BCUT2D eigenvalue weighted by Crippen LogP contribution is -2.39. The summed E-state index contributed by atoms with van der Waals surface area (Å²) in [5, 5.41) is 12.7. The number of piperidine rings is 1. The molecule has 4 rings (SSSR count). The number of aromatic nitrogens is 5. The summed E-state index contributed by atoms with van der Waals surface area (Å²) in [5.74, 6) is 1.57. The van der Waals surface area contributed by atoms with Gasteiger partial charge in [0.05, 0.1) is 12.6 Å². The molecule has 134 valence electrons. The summed E-state index contributed by atoms with van der Waals surface area (Å²) >= 11 is 0. The van der Waals surface area contributed by atoms with Crippen LogP contribution in [0, 0.1) is 5.92 Å². The van der Waals surface area contributed by atoms with E-state index in [9.17, 15) is 0 Å². The highest BCUT2D eigenvalue weighted by atomic mass is 15.5. The van der Waals surface area contributed by atoms with Gasteiger partial charge in [0.25, 0.3) is 0 Å². The number of benzene rings is 1. The summed E-state index contributed by atoms with van der Waals surface area (Å²) in [7, 11) is 0. The molecule has 6 nitrogen and oxygen atoms in total. The second kappa shape index (κ2) is 7.74. The van der Waals surface area contributed by atoms with E-state index in [4.69, 9.17) is 0 Å². The number of rotatable bonds is 5. The van der Waals surface area contributed by atoms with Crippen LogP contribution in [0.5, 0.6) is 0 Å². The summed E-state index contributed by atoms with van der Waals surface area (Å²) in [4.78, 5) is 6.84. The van der Waals surface area contributed by atoms with Crippen molar-refractivity contribution in [3.05, 3.63) is 71.8 Å². The molecule has 1 saturated heterocycles. The molecule has 6 heteroatoms. The first-order chi connectivity index (χ1) is 12.8. The van der Waals surface area contributed by atoms with Crippen LogP contribution in [0.25, 0.3) is 0 Å². The first kappa shape index (κ1) is 16.8. The third-order valence-electron chi connectivity index (χ3n) is 5.03. The van der Waals surface area contributed by atoms with Crippen molar-refractivity contribution >= 4 is 0 Å². The smallest absolute Gasteiger partial charge is 0.173 e. The number of likely N-dealkylation sites (tertiary alicyclic amines) is 1. The minimum atomic E-state index is 0.0326. The maximum Gasteiger partial charge on any atom is 0.173 e. The number of hydrogen-bond donors (Lipinski definition) is 0. The van der Waals surface area contributed by atoms with Gasteiger partial charge in [0.15, 0.2) is 5.82 Å². The van der Waals surface area contributed by atoms with Crippen molar-refractivity contribution in [1.29, 1.82) is 0 Å². The molecule has 1 fully saturated rings. The van der Waals surface area contributed by atoms with Gasteiger partial charge < -0.3 is 0 Å². The van der Waals surface area contributed by atoms with Crippen molar-refractivity contribution in [2.75, 3.05) is 13.1 Å². The molecule has 0 amide bonds. The summed E-state index contributed by atoms with van der Waals surface area (Å²) in [5.41, 5.74) is 2.34. The summed E-state index contributed by atoms with van der Waals surface area (Å²) in [6.45, 7) is 5.10. The van der Waals surface area contributed by atoms with Gasteiger partial charge in [-0.3, -0.25) is 9.88 Å². The Bertz CT molecular complexity index is 817. The molecule has 2 aromatic heterocycles. The fraction of sp³-hybridized carbons (Fsp3) is 0.400. The normalized spacial score (nSPS) is 19.3. The molecule has 0 unspecified atom stereocenters. The van der Waals surface area contributed by atoms with Gasteiger partial charge in [-0.2, -0.15) is 0 Å². The average molecular weight is 348 g/mol. The molecule has 1 aliphatic heterocycles. The van der Waals surface area contributed by atoms with Crippen LogP contribution < -0.4 is 0 Å². The molecule has 0 spiro atoms. The molecule has 0 N–H and O–H groups in total. The van der Waals surface area contributed by atoms with Crippen LogP contribution in [-0.4, -0.2) is 43.2 Å². The van der Waals surface area contributed by atoms with Gasteiger partial charge in [0.2, 0.25) is 0 Å². The van der Waals surface area contributed by atoms with Crippen molar-refractivity contribution in [2.45, 2.75) is 32.4 Å². The van der Waals surface area contributed by atoms with Gasteiger partial charge in [0.1, 0.15) is 0 Å². The third kappa shape index (κ3) is 3.65. The van der Waals surface area contributed by atoms with E-state index in [2.05, 4.69) is 50.5 Å². The van der Waals surface area contributed by atoms with Crippen molar-refractivity contribution in [3.8, 4) is 0 Å². The van der Waals surface area contributed by atoms with Crippen LogP contribution in [0.15, 0.2) is 54.9 Å². The fourth-order valence-electron chi connectivity index (χ4n) is 3.80. The first-order valence-electron chi connectivity index (χ1n) is 9.25. The van der Waals surface area contributed by atoms with Gasteiger partial charge >= 0.3 is 0 Å². The van der Waals surface area contributed by atoms with E-state index < -0.39 is 0 Å². The first-order valence-corrected chi connectivity index (χ1v) is 9.25. The van der Waals surface area contributed by atoms with E-state index in [-0.39, 0.29) is 6.04 Å². The van der Waals surface area contributed by atoms with E-state index in [1.807, 2.05) is 41.3 Å². The summed E-state index contributed by atoms with van der Waals surface area (Å²) < 4.78 is 1.92. The molecule has 26 heavy (non-hydrogen) atoms. The second-order valence-electron chi connectivity index (χ2n) is 7.11. The number of tetrazole rings is 1. The fourth-order valence-corrected chi connectivity index (χ4v) is 3.80. The second-order valence-corrected chi connectivity index (χ2v) is 7.11. The van der Waals surface area contributed by atoms with E-state index in [1.165, 1.54) is 18.4 Å². The predicted octanol–water partition coefficient (Wildman–Crippen LogP) is 2.94. The van der Waals surface area contributed by atoms with Gasteiger partial charge in [-0.25, -0.2) is 4.68 Å². The monoisotopic (exact) mass is 348 g/mol. The topological polar surface area (TPSA) is 59.7 Å². The van der Waals surface area contributed by atoms with Crippen molar-refractivity contribution in [3.63, 3.8) is 0 Å². The Labute approximate surface area is 153 Å². The Morgan fingerprint density at radius 2 is 2.04 bits per heavy atom. The Hall–Kier alpha value is -2.60. The molecule has 2 atom stereocenters. The molecule has 0 aliphatic carbocycles. The van der Waals surface area contributed by atoms with Gasteiger partial charge in [-0.05, 0) is 52.9 Å². The Morgan fingerprint density at radius 3 is 2.81 bits per heavy atom. The average Bonchev–Trinajstić information content (AvgIpc) is 3.11. The number of hydrogen-bond acceptors (Lipinski definition) is 5. The van der Waals surface area contributed by atoms with Crippen LogP contribution in [0.2, 0.25) is 0 Å². The summed E-state index contributed by atoms with van der Waals surface area (Å²) in [6.07, 6.45) is 6.24. The number of pyridine rings is 1. The molecule has 1 aliphatic rings. The zero-order valence-corrected chi connectivity index (χ0v) is 15.1. The SMILES string of the molecule is C[C@@H]1CCCN([C@@H](c2cccnc2)c2nnnn2Cc2ccccc2)C1. The van der Waals surface area contributed by atoms with Crippen molar-refractivity contribution in [1.82, 2.24) is 30.1 Å². The maximum absolute atomic E-state index is 4.42. The minimum absolute atomic E-state index is 0.0326. The standard InChI is InChI=1S/C20H24N6/c1-16-7-6-12-25(14-16)19(18-10-5-11-21-13-18)20-22-23-24-26(20)15-17-8-3-2-4-9-17/h2-5,8-11,13,16,19H,6-7,12,14-15H2,1H3/t16-,19+/m1/s1. The van der Waals surface area contributed by atoms with E-state index in [0.717, 1.165) is 24.5 Å². The molecular formula is C20H24N6.